The van der Waals surface area contributed by atoms with Crippen LogP contribution in [0.15, 0.2) is 41.5 Å². The van der Waals surface area contributed by atoms with Gasteiger partial charge in [0.05, 0.1) is 11.7 Å². The van der Waals surface area contributed by atoms with Crippen molar-refractivity contribution in [3.05, 3.63) is 57.5 Å². The van der Waals surface area contributed by atoms with E-state index in [1.807, 2.05) is 44.2 Å². The van der Waals surface area contributed by atoms with Gasteiger partial charge in [-0.3, -0.25) is 14.2 Å². The Morgan fingerprint density at radius 2 is 2.07 bits per heavy atom. The van der Waals surface area contributed by atoms with Crippen molar-refractivity contribution >= 4 is 33.1 Å². The first kappa shape index (κ1) is 18.9. The first-order valence-electron chi connectivity index (χ1n) is 9.82. The first-order chi connectivity index (χ1) is 13.5. The molecule has 1 aromatic carbocycles. The van der Waals surface area contributed by atoms with Crippen LogP contribution in [0.3, 0.4) is 0 Å². The summed E-state index contributed by atoms with van der Waals surface area (Å²) in [6.45, 7) is 6.20. The molecule has 2 heterocycles. The number of carbonyl (C=O) groups is 1. The summed E-state index contributed by atoms with van der Waals surface area (Å²) in [5, 5.41) is 0.720. The molecule has 4 rings (SSSR count). The minimum atomic E-state index is -0.109. The predicted molar refractivity (Wildman–Crippen MR) is 114 cm³/mol. The van der Waals surface area contributed by atoms with E-state index in [1.54, 1.807) is 16.2 Å². The van der Waals surface area contributed by atoms with Crippen LogP contribution in [-0.4, -0.2) is 21.5 Å². The van der Waals surface area contributed by atoms with Crippen LogP contribution in [-0.2, 0) is 24.2 Å². The minimum absolute atomic E-state index is 0.00214. The van der Waals surface area contributed by atoms with Crippen molar-refractivity contribution in [2.45, 2.75) is 52.6 Å². The average molecular weight is 396 g/mol. The van der Waals surface area contributed by atoms with Crippen molar-refractivity contribution in [2.24, 2.45) is 5.92 Å². The minimum Gasteiger partial charge on any atom is -0.308 e. The Morgan fingerprint density at radius 1 is 1.32 bits per heavy atom. The number of aromatic nitrogens is 2. The molecule has 146 valence electrons. The lowest BCUT2D eigenvalue weighted by Gasteiger charge is -2.27. The summed E-state index contributed by atoms with van der Waals surface area (Å²) >= 11 is 1.63. The van der Waals surface area contributed by atoms with Crippen molar-refractivity contribution in [3.8, 4) is 0 Å². The number of benzene rings is 1. The second-order valence-corrected chi connectivity index (χ2v) is 8.99. The number of hydrogen-bond donors (Lipinski definition) is 0. The summed E-state index contributed by atoms with van der Waals surface area (Å²) in [4.78, 5) is 34.6. The Kier molecular flexibility index (Phi) is 5.06. The lowest BCUT2D eigenvalue weighted by Crippen LogP contribution is -2.41. The highest BCUT2D eigenvalue weighted by atomic mass is 32.1. The van der Waals surface area contributed by atoms with Crippen molar-refractivity contribution in [2.75, 3.05) is 4.90 Å². The lowest BCUT2D eigenvalue weighted by atomic mass is 9.89. The zero-order valence-corrected chi connectivity index (χ0v) is 17.3. The van der Waals surface area contributed by atoms with E-state index in [-0.39, 0.29) is 24.1 Å². The molecule has 0 spiro atoms. The molecule has 0 saturated heterocycles. The van der Waals surface area contributed by atoms with Gasteiger partial charge in [-0.05, 0) is 56.7 Å². The highest BCUT2D eigenvalue weighted by Gasteiger charge is 2.24. The predicted octanol–water partition coefficient (Wildman–Crippen LogP) is 4.02. The molecular weight excluding hydrogens is 370 g/mol. The molecular formula is C22H25N3O2S. The molecule has 1 amide bonds. The van der Waals surface area contributed by atoms with Gasteiger partial charge in [-0.1, -0.05) is 25.1 Å². The summed E-state index contributed by atoms with van der Waals surface area (Å²) in [6, 6.07) is 9.58. The maximum Gasteiger partial charge on any atom is 0.262 e. The molecule has 0 unspecified atom stereocenters. The average Bonchev–Trinajstić information content (AvgIpc) is 3.03. The number of hydrogen-bond acceptors (Lipinski definition) is 4. The third kappa shape index (κ3) is 3.37. The number of anilines is 1. The Bertz CT molecular complexity index is 1070. The SMILES string of the molecule is CC(C)N(C(=O)Cn1cnc2sc3c(c2c1=O)CC[C@@H](C)C3)c1ccccc1. The number of nitrogens with zero attached hydrogens (tertiary/aromatic N) is 3. The smallest absolute Gasteiger partial charge is 0.262 e. The third-order valence-corrected chi connectivity index (χ3v) is 6.57. The molecule has 3 aromatic rings. The van der Waals surface area contributed by atoms with Gasteiger partial charge in [0, 0.05) is 16.6 Å². The molecule has 1 atom stereocenters. The van der Waals surface area contributed by atoms with Crippen LogP contribution in [0.25, 0.3) is 10.2 Å². The summed E-state index contributed by atoms with van der Waals surface area (Å²) < 4.78 is 1.47. The molecule has 2 aromatic heterocycles. The fourth-order valence-electron chi connectivity index (χ4n) is 4.02. The number of thiophene rings is 1. The number of amides is 1. The molecule has 28 heavy (non-hydrogen) atoms. The maximum atomic E-state index is 13.2. The molecule has 0 aliphatic heterocycles. The van der Waals surface area contributed by atoms with E-state index < -0.39 is 0 Å². The normalized spacial score (nSPS) is 16.4. The number of carbonyl (C=O) groups excluding carboxylic acids is 1. The van der Waals surface area contributed by atoms with E-state index >= 15 is 0 Å². The Labute approximate surface area is 168 Å². The number of para-hydroxylation sites is 1. The van der Waals surface area contributed by atoms with Crippen LogP contribution in [0.4, 0.5) is 5.69 Å². The van der Waals surface area contributed by atoms with E-state index in [0.29, 0.717) is 5.92 Å². The van der Waals surface area contributed by atoms with Crippen molar-refractivity contribution < 1.29 is 4.79 Å². The van der Waals surface area contributed by atoms with Crippen LogP contribution in [0.5, 0.6) is 0 Å². The molecule has 0 saturated carbocycles. The Balaban J connectivity index is 1.69. The van der Waals surface area contributed by atoms with Crippen molar-refractivity contribution in [1.82, 2.24) is 9.55 Å². The highest BCUT2D eigenvalue weighted by molar-refractivity contribution is 7.18. The van der Waals surface area contributed by atoms with Crippen LogP contribution in [0.2, 0.25) is 0 Å². The van der Waals surface area contributed by atoms with E-state index in [1.165, 1.54) is 15.8 Å². The van der Waals surface area contributed by atoms with Gasteiger partial charge in [0.1, 0.15) is 11.4 Å². The second kappa shape index (κ2) is 7.51. The molecule has 5 nitrogen and oxygen atoms in total. The quantitative estimate of drug-likeness (QED) is 0.670. The Morgan fingerprint density at radius 3 is 2.79 bits per heavy atom. The summed E-state index contributed by atoms with van der Waals surface area (Å²) in [5.74, 6) is 0.539. The molecule has 0 bridgehead atoms. The van der Waals surface area contributed by atoms with Gasteiger partial charge in [-0.2, -0.15) is 0 Å². The zero-order valence-electron chi connectivity index (χ0n) is 16.5. The third-order valence-electron chi connectivity index (χ3n) is 5.41. The standard InChI is InChI=1S/C22H25N3O2S/c1-14(2)25(16-7-5-4-6-8-16)19(26)12-24-13-23-21-20(22(24)27)17-10-9-15(3)11-18(17)28-21/h4-8,13-15H,9-12H2,1-3H3/t15-/m1/s1. The molecule has 1 aliphatic carbocycles. The largest absolute Gasteiger partial charge is 0.308 e. The molecule has 0 radical (unpaired) electrons. The molecule has 0 N–H and O–H groups in total. The van der Waals surface area contributed by atoms with E-state index in [2.05, 4.69) is 11.9 Å². The van der Waals surface area contributed by atoms with Crippen molar-refractivity contribution in [3.63, 3.8) is 0 Å². The van der Waals surface area contributed by atoms with Crippen LogP contribution in [0, 0.1) is 5.92 Å². The van der Waals surface area contributed by atoms with E-state index in [9.17, 15) is 9.59 Å². The second-order valence-electron chi connectivity index (χ2n) is 7.90. The highest BCUT2D eigenvalue weighted by Crippen LogP contribution is 2.35. The van der Waals surface area contributed by atoms with Crippen molar-refractivity contribution in [1.29, 1.82) is 0 Å². The zero-order chi connectivity index (χ0) is 19.8. The summed E-state index contributed by atoms with van der Waals surface area (Å²) in [6.07, 6.45) is 4.57. The van der Waals surface area contributed by atoms with Gasteiger partial charge in [-0.15, -0.1) is 11.3 Å². The van der Waals surface area contributed by atoms with E-state index in [4.69, 9.17) is 0 Å². The summed E-state index contributed by atoms with van der Waals surface area (Å²) in [7, 11) is 0. The number of fused-ring (bicyclic) bond motifs is 3. The Hall–Kier alpha value is -2.47. The van der Waals surface area contributed by atoms with E-state index in [0.717, 1.165) is 40.7 Å². The van der Waals surface area contributed by atoms with Gasteiger partial charge in [0.25, 0.3) is 5.56 Å². The van der Waals surface area contributed by atoms with Gasteiger partial charge < -0.3 is 4.90 Å². The van der Waals surface area contributed by atoms with Crippen LogP contribution >= 0.6 is 11.3 Å². The fourth-order valence-corrected chi connectivity index (χ4v) is 5.36. The molecule has 0 fully saturated rings. The number of aryl methyl sites for hydroxylation is 1. The van der Waals surface area contributed by atoms with Gasteiger partial charge in [0.15, 0.2) is 0 Å². The first-order valence-corrected chi connectivity index (χ1v) is 10.6. The van der Waals surface area contributed by atoms with Crippen LogP contribution < -0.4 is 10.5 Å². The lowest BCUT2D eigenvalue weighted by molar-refractivity contribution is -0.119. The monoisotopic (exact) mass is 395 g/mol. The number of rotatable bonds is 4. The molecule has 1 aliphatic rings. The fraction of sp³-hybridized carbons (Fsp3) is 0.409. The van der Waals surface area contributed by atoms with Gasteiger partial charge >= 0.3 is 0 Å². The van der Waals surface area contributed by atoms with Crippen LogP contribution in [0.1, 0.15) is 37.6 Å². The summed E-state index contributed by atoms with van der Waals surface area (Å²) in [5.41, 5.74) is 1.90. The maximum absolute atomic E-state index is 13.2. The van der Waals surface area contributed by atoms with Gasteiger partial charge in [-0.25, -0.2) is 4.98 Å². The van der Waals surface area contributed by atoms with Gasteiger partial charge in [0.2, 0.25) is 5.91 Å². The molecule has 6 heteroatoms. The topological polar surface area (TPSA) is 55.2 Å².